The largest absolute Gasteiger partial charge is 0.481 e. The van der Waals surface area contributed by atoms with E-state index in [0.29, 0.717) is 11.8 Å². The van der Waals surface area contributed by atoms with Crippen LogP contribution in [0.15, 0.2) is 29.2 Å². The second-order valence-corrected chi connectivity index (χ2v) is 6.09. The minimum absolute atomic E-state index is 0.00141. The van der Waals surface area contributed by atoms with Gasteiger partial charge in [-0.1, -0.05) is 19.1 Å². The molecule has 98 valence electrons. The zero-order chi connectivity index (χ0) is 13.8. The maximum Gasteiger partial charge on any atom is 0.304 e. The molecule has 1 N–H and O–H groups in total. The van der Waals surface area contributed by atoms with Gasteiger partial charge in [0, 0.05) is 0 Å². The van der Waals surface area contributed by atoms with Crippen LogP contribution in [0.25, 0.3) is 0 Å². The number of rotatable bonds is 6. The van der Waals surface area contributed by atoms with Gasteiger partial charge in [-0.2, -0.15) is 0 Å². The molecule has 1 atom stereocenters. The Morgan fingerprint density at radius 1 is 1.33 bits per heavy atom. The topological polar surface area (TPSA) is 88.5 Å². The molecule has 6 heteroatoms. The smallest absolute Gasteiger partial charge is 0.304 e. The van der Waals surface area contributed by atoms with Crippen LogP contribution in [0, 0.1) is 0 Å². The molecule has 5 nitrogen and oxygen atoms in total. The number of hydrogen-bond acceptors (Lipinski definition) is 4. The Bertz CT molecular complexity index is 530. The Morgan fingerprint density at radius 3 is 2.28 bits per heavy atom. The second-order valence-electron chi connectivity index (χ2n) is 3.81. The van der Waals surface area contributed by atoms with Gasteiger partial charge in [-0.3, -0.25) is 4.79 Å². The van der Waals surface area contributed by atoms with Gasteiger partial charge in [0.2, 0.25) is 0 Å². The molecule has 0 amide bonds. The van der Waals surface area contributed by atoms with Crippen LogP contribution in [-0.4, -0.2) is 31.5 Å². The molecule has 0 aliphatic rings. The first kappa shape index (κ1) is 14.4. The Morgan fingerprint density at radius 2 is 1.89 bits per heavy atom. The second kappa shape index (κ2) is 5.77. The van der Waals surface area contributed by atoms with Crippen LogP contribution in [0.2, 0.25) is 0 Å². The minimum Gasteiger partial charge on any atom is -0.481 e. The summed E-state index contributed by atoms with van der Waals surface area (Å²) in [5.74, 6) is -1.82. The molecular weight excluding hydrogens is 256 g/mol. The molecule has 1 rings (SSSR count). The van der Waals surface area contributed by atoms with Gasteiger partial charge in [0.25, 0.3) is 0 Å². The molecule has 0 heterocycles. The average Bonchev–Trinajstić information content (AvgIpc) is 2.36. The SMILES string of the molecule is CCS(=O)(=O)c1ccc(C(C=O)CC(=O)O)cc1. The van der Waals surface area contributed by atoms with Crippen LogP contribution >= 0.6 is 0 Å². The molecule has 0 spiro atoms. The highest BCUT2D eigenvalue weighted by atomic mass is 32.2. The summed E-state index contributed by atoms with van der Waals surface area (Å²) in [4.78, 5) is 21.5. The highest BCUT2D eigenvalue weighted by Crippen LogP contribution is 2.20. The van der Waals surface area contributed by atoms with Crippen molar-refractivity contribution in [1.29, 1.82) is 0 Å². The first-order valence-electron chi connectivity index (χ1n) is 5.40. The molecule has 0 aliphatic carbocycles. The zero-order valence-electron chi connectivity index (χ0n) is 9.87. The summed E-state index contributed by atoms with van der Waals surface area (Å²) < 4.78 is 23.1. The molecule has 0 bridgehead atoms. The Labute approximate surface area is 105 Å². The van der Waals surface area contributed by atoms with Gasteiger partial charge in [-0.15, -0.1) is 0 Å². The number of carboxylic acids is 1. The van der Waals surface area contributed by atoms with Crippen molar-refractivity contribution in [1.82, 2.24) is 0 Å². The van der Waals surface area contributed by atoms with Crippen molar-refractivity contribution in [2.24, 2.45) is 0 Å². The lowest BCUT2D eigenvalue weighted by atomic mass is 9.97. The lowest BCUT2D eigenvalue weighted by molar-refractivity contribution is -0.138. The monoisotopic (exact) mass is 270 g/mol. The van der Waals surface area contributed by atoms with Crippen LogP contribution in [0.3, 0.4) is 0 Å². The fourth-order valence-electron chi connectivity index (χ4n) is 1.52. The van der Waals surface area contributed by atoms with Gasteiger partial charge in [0.1, 0.15) is 6.29 Å². The van der Waals surface area contributed by atoms with Crippen LogP contribution in [0.4, 0.5) is 0 Å². The van der Waals surface area contributed by atoms with E-state index in [1.54, 1.807) is 6.92 Å². The highest BCUT2D eigenvalue weighted by Gasteiger charge is 2.16. The molecule has 0 saturated heterocycles. The van der Waals surface area contributed by atoms with Crippen molar-refractivity contribution in [3.8, 4) is 0 Å². The van der Waals surface area contributed by atoms with E-state index in [1.807, 2.05) is 0 Å². The van der Waals surface area contributed by atoms with E-state index in [1.165, 1.54) is 24.3 Å². The van der Waals surface area contributed by atoms with Gasteiger partial charge in [0.05, 0.1) is 23.0 Å². The lowest BCUT2D eigenvalue weighted by Crippen LogP contribution is -2.08. The summed E-state index contributed by atoms with van der Waals surface area (Å²) in [5.41, 5.74) is 0.502. The van der Waals surface area contributed by atoms with E-state index in [4.69, 9.17) is 5.11 Å². The fourth-order valence-corrected chi connectivity index (χ4v) is 2.41. The molecular formula is C12H14O5S. The highest BCUT2D eigenvalue weighted by molar-refractivity contribution is 7.91. The predicted molar refractivity (Wildman–Crippen MR) is 65.2 cm³/mol. The molecule has 1 unspecified atom stereocenters. The molecule has 0 fully saturated rings. The molecule has 0 aromatic heterocycles. The minimum atomic E-state index is -3.28. The fraction of sp³-hybridized carbons (Fsp3) is 0.333. The Hall–Kier alpha value is -1.69. The lowest BCUT2D eigenvalue weighted by Gasteiger charge is -2.08. The van der Waals surface area contributed by atoms with E-state index >= 15 is 0 Å². The molecule has 0 saturated carbocycles. The summed E-state index contributed by atoms with van der Waals surface area (Å²) in [6.07, 6.45) is 0.251. The van der Waals surface area contributed by atoms with Crippen molar-refractivity contribution in [3.05, 3.63) is 29.8 Å². The standard InChI is InChI=1S/C12H14O5S/c1-2-18(16,17)11-5-3-9(4-6-11)10(8-13)7-12(14)15/h3-6,8,10H,2,7H2,1H3,(H,14,15). The number of aliphatic carboxylic acids is 1. The van der Waals surface area contributed by atoms with Gasteiger partial charge >= 0.3 is 5.97 Å². The first-order valence-corrected chi connectivity index (χ1v) is 7.05. The van der Waals surface area contributed by atoms with Crippen molar-refractivity contribution in [2.75, 3.05) is 5.75 Å². The number of aldehydes is 1. The van der Waals surface area contributed by atoms with Crippen molar-refractivity contribution >= 4 is 22.1 Å². The van der Waals surface area contributed by atoms with E-state index in [-0.39, 0.29) is 17.1 Å². The van der Waals surface area contributed by atoms with Crippen LogP contribution in [0.5, 0.6) is 0 Å². The number of carboxylic acid groups (broad SMARTS) is 1. The maximum absolute atomic E-state index is 11.6. The third-order valence-electron chi connectivity index (χ3n) is 2.61. The number of hydrogen-bond donors (Lipinski definition) is 1. The summed E-state index contributed by atoms with van der Waals surface area (Å²) in [6.45, 7) is 1.54. The van der Waals surface area contributed by atoms with Crippen LogP contribution in [0.1, 0.15) is 24.8 Å². The average molecular weight is 270 g/mol. The van der Waals surface area contributed by atoms with E-state index in [0.717, 1.165) is 0 Å². The van der Waals surface area contributed by atoms with E-state index in [2.05, 4.69) is 0 Å². The van der Waals surface area contributed by atoms with Gasteiger partial charge < -0.3 is 9.90 Å². The molecule has 0 aliphatic heterocycles. The third kappa shape index (κ3) is 3.40. The van der Waals surface area contributed by atoms with E-state index < -0.39 is 21.7 Å². The molecule has 1 aromatic rings. The van der Waals surface area contributed by atoms with Crippen LogP contribution < -0.4 is 0 Å². The Kier molecular flexibility index (Phi) is 4.61. The normalized spacial score (nSPS) is 12.9. The molecule has 18 heavy (non-hydrogen) atoms. The Balaban J connectivity index is 3.01. The number of carbonyl (C=O) groups excluding carboxylic acids is 1. The third-order valence-corrected chi connectivity index (χ3v) is 4.36. The van der Waals surface area contributed by atoms with E-state index in [9.17, 15) is 18.0 Å². The van der Waals surface area contributed by atoms with Crippen molar-refractivity contribution in [2.45, 2.75) is 24.2 Å². The van der Waals surface area contributed by atoms with Crippen molar-refractivity contribution in [3.63, 3.8) is 0 Å². The summed E-state index contributed by atoms with van der Waals surface area (Å²) in [5, 5.41) is 8.64. The van der Waals surface area contributed by atoms with Crippen molar-refractivity contribution < 1.29 is 23.1 Å². The zero-order valence-corrected chi connectivity index (χ0v) is 10.7. The predicted octanol–water partition coefficient (Wildman–Crippen LogP) is 1.24. The van der Waals surface area contributed by atoms with Gasteiger partial charge in [-0.25, -0.2) is 8.42 Å². The van der Waals surface area contributed by atoms with Gasteiger partial charge in [0.15, 0.2) is 9.84 Å². The molecule has 0 radical (unpaired) electrons. The summed E-state index contributed by atoms with van der Waals surface area (Å²) >= 11 is 0. The summed E-state index contributed by atoms with van der Waals surface area (Å²) in [7, 11) is -3.28. The first-order chi connectivity index (χ1) is 8.40. The summed E-state index contributed by atoms with van der Waals surface area (Å²) in [6, 6.07) is 5.74. The number of carbonyl (C=O) groups is 2. The van der Waals surface area contributed by atoms with Gasteiger partial charge in [-0.05, 0) is 17.7 Å². The quantitative estimate of drug-likeness (QED) is 0.785. The van der Waals surface area contributed by atoms with Crippen LogP contribution in [-0.2, 0) is 19.4 Å². The molecule has 1 aromatic carbocycles. The number of sulfone groups is 1. The maximum atomic E-state index is 11.6. The number of benzene rings is 1.